The number of nitrogens with one attached hydrogen (secondary N) is 2. The van der Waals surface area contributed by atoms with Gasteiger partial charge in [0.15, 0.2) is 6.73 Å². The van der Waals surface area contributed by atoms with Crippen LogP contribution in [0.25, 0.3) is 0 Å². The second-order valence-corrected chi connectivity index (χ2v) is 5.72. The monoisotopic (exact) mass is 333 g/mol. The topological polar surface area (TPSA) is 76.4 Å². The van der Waals surface area contributed by atoms with Gasteiger partial charge in [0.25, 0.3) is 0 Å². The van der Waals surface area contributed by atoms with E-state index in [4.69, 9.17) is 22.1 Å². The maximum atomic E-state index is 11.9. The third-order valence-electron chi connectivity index (χ3n) is 3.56. The molecule has 0 aliphatic heterocycles. The Morgan fingerprint density at radius 3 is 2.57 bits per heavy atom. The molecular formula is C17H20ClN3O2. The molecule has 0 unspecified atom stereocenters. The fourth-order valence-electron chi connectivity index (χ4n) is 2.12. The first kappa shape index (κ1) is 17.0. The van der Waals surface area contributed by atoms with E-state index in [1.807, 2.05) is 32.9 Å². The van der Waals surface area contributed by atoms with Crippen LogP contribution in [0.5, 0.6) is 5.75 Å². The molecule has 0 fully saturated rings. The molecule has 0 aromatic heterocycles. The number of benzene rings is 2. The van der Waals surface area contributed by atoms with Gasteiger partial charge in [-0.2, -0.15) is 0 Å². The van der Waals surface area contributed by atoms with Crippen LogP contribution in [-0.2, 0) is 0 Å². The molecule has 122 valence electrons. The minimum atomic E-state index is -0.403. The van der Waals surface area contributed by atoms with Gasteiger partial charge in [-0.05, 0) is 55.7 Å². The number of ether oxygens (including phenoxy) is 1. The van der Waals surface area contributed by atoms with E-state index >= 15 is 0 Å². The lowest BCUT2D eigenvalue weighted by molar-refractivity contribution is 0.234. The van der Waals surface area contributed by atoms with Crippen molar-refractivity contribution in [3.63, 3.8) is 0 Å². The number of hydrogen-bond acceptors (Lipinski definition) is 3. The van der Waals surface area contributed by atoms with Crippen molar-refractivity contribution in [2.24, 2.45) is 0 Å². The number of nitrogen functional groups attached to an aromatic ring is 1. The fraction of sp³-hybridized carbons (Fsp3) is 0.235. The minimum absolute atomic E-state index is 0.0591. The standard InChI is InChI=1S/C17H20ClN3O2/c1-10-4-5-11(2)16(12(10)3)23-9-20-17(22)21-15-7-6-13(19)8-14(15)18/h4-8H,9,19H2,1-3H3,(H2,20,21,22). The molecule has 2 aromatic rings. The van der Waals surface area contributed by atoms with E-state index in [2.05, 4.69) is 10.6 Å². The summed E-state index contributed by atoms with van der Waals surface area (Å²) in [6, 6.07) is 8.52. The molecule has 2 aromatic carbocycles. The van der Waals surface area contributed by atoms with Crippen LogP contribution < -0.4 is 21.1 Å². The van der Waals surface area contributed by atoms with Crippen LogP contribution in [0.2, 0.25) is 5.02 Å². The number of rotatable bonds is 4. The Morgan fingerprint density at radius 2 is 1.87 bits per heavy atom. The van der Waals surface area contributed by atoms with Gasteiger partial charge in [-0.25, -0.2) is 4.79 Å². The summed E-state index contributed by atoms with van der Waals surface area (Å²) in [6.07, 6.45) is 0. The van der Waals surface area contributed by atoms with Gasteiger partial charge in [0.2, 0.25) is 0 Å². The zero-order chi connectivity index (χ0) is 17.0. The zero-order valence-corrected chi connectivity index (χ0v) is 14.1. The van der Waals surface area contributed by atoms with Crippen molar-refractivity contribution in [1.29, 1.82) is 0 Å². The van der Waals surface area contributed by atoms with E-state index in [-0.39, 0.29) is 6.73 Å². The Kier molecular flexibility index (Phi) is 5.34. The molecule has 0 saturated heterocycles. The van der Waals surface area contributed by atoms with Crippen LogP contribution >= 0.6 is 11.6 Å². The molecule has 23 heavy (non-hydrogen) atoms. The lowest BCUT2D eigenvalue weighted by Gasteiger charge is -2.15. The number of anilines is 2. The van der Waals surface area contributed by atoms with Crippen molar-refractivity contribution >= 4 is 29.0 Å². The average molecular weight is 334 g/mol. The van der Waals surface area contributed by atoms with Crippen molar-refractivity contribution in [3.05, 3.63) is 52.0 Å². The van der Waals surface area contributed by atoms with Crippen molar-refractivity contribution in [2.75, 3.05) is 17.8 Å². The molecule has 0 aliphatic rings. The van der Waals surface area contributed by atoms with Crippen LogP contribution in [0.15, 0.2) is 30.3 Å². The third kappa shape index (κ3) is 4.29. The number of amides is 2. The predicted molar refractivity (Wildman–Crippen MR) is 94.2 cm³/mol. The molecule has 4 N–H and O–H groups in total. The predicted octanol–water partition coefficient (Wildman–Crippen LogP) is 4.01. The highest BCUT2D eigenvalue weighted by atomic mass is 35.5. The summed E-state index contributed by atoms with van der Waals surface area (Å²) < 4.78 is 5.68. The molecule has 0 heterocycles. The molecule has 2 amide bonds. The maximum absolute atomic E-state index is 11.9. The van der Waals surface area contributed by atoms with Crippen molar-refractivity contribution in [2.45, 2.75) is 20.8 Å². The minimum Gasteiger partial charge on any atom is -0.473 e. The Bertz CT molecular complexity index is 732. The van der Waals surface area contributed by atoms with Crippen LogP contribution in [0.4, 0.5) is 16.2 Å². The van der Waals surface area contributed by atoms with Gasteiger partial charge in [-0.1, -0.05) is 23.7 Å². The molecular weight excluding hydrogens is 314 g/mol. The maximum Gasteiger partial charge on any atom is 0.321 e. The van der Waals surface area contributed by atoms with Crippen LogP contribution in [0, 0.1) is 20.8 Å². The number of urea groups is 1. The number of hydrogen-bond donors (Lipinski definition) is 3. The van der Waals surface area contributed by atoms with Gasteiger partial charge in [0, 0.05) is 5.69 Å². The Labute approximate surface area is 140 Å². The highest BCUT2D eigenvalue weighted by Crippen LogP contribution is 2.26. The quantitative estimate of drug-likeness (QED) is 0.584. The van der Waals surface area contributed by atoms with Gasteiger partial charge in [0.1, 0.15) is 5.75 Å². The lowest BCUT2D eigenvalue weighted by Crippen LogP contribution is -2.32. The number of halogens is 1. The fourth-order valence-corrected chi connectivity index (χ4v) is 2.36. The van der Waals surface area contributed by atoms with E-state index in [0.717, 1.165) is 22.4 Å². The summed E-state index contributed by atoms with van der Waals surface area (Å²) in [4.78, 5) is 11.9. The second-order valence-electron chi connectivity index (χ2n) is 5.31. The van der Waals surface area contributed by atoms with E-state index < -0.39 is 6.03 Å². The Morgan fingerprint density at radius 1 is 1.17 bits per heavy atom. The normalized spacial score (nSPS) is 10.3. The molecule has 6 heteroatoms. The van der Waals surface area contributed by atoms with E-state index in [9.17, 15) is 4.79 Å². The van der Waals surface area contributed by atoms with Crippen molar-refractivity contribution in [1.82, 2.24) is 5.32 Å². The molecule has 0 spiro atoms. The summed E-state index contributed by atoms with van der Waals surface area (Å²) in [6.45, 7) is 6.04. The zero-order valence-electron chi connectivity index (χ0n) is 13.4. The smallest absolute Gasteiger partial charge is 0.321 e. The van der Waals surface area contributed by atoms with Gasteiger partial charge >= 0.3 is 6.03 Å². The van der Waals surface area contributed by atoms with E-state index in [1.165, 1.54) is 0 Å². The Hall–Kier alpha value is -2.40. The molecule has 0 radical (unpaired) electrons. The number of carbonyl (C=O) groups excluding carboxylic acids is 1. The van der Waals surface area contributed by atoms with E-state index in [0.29, 0.717) is 16.4 Å². The number of aryl methyl sites for hydroxylation is 2. The SMILES string of the molecule is Cc1ccc(C)c(OCNC(=O)Nc2ccc(N)cc2Cl)c1C. The van der Waals surface area contributed by atoms with E-state index in [1.54, 1.807) is 18.2 Å². The summed E-state index contributed by atoms with van der Waals surface area (Å²) in [5.41, 5.74) is 9.87. The lowest BCUT2D eigenvalue weighted by atomic mass is 10.1. The van der Waals surface area contributed by atoms with Crippen LogP contribution in [0.1, 0.15) is 16.7 Å². The highest BCUT2D eigenvalue weighted by molar-refractivity contribution is 6.34. The summed E-state index contributed by atoms with van der Waals surface area (Å²) in [5, 5.41) is 5.66. The molecule has 0 atom stereocenters. The summed E-state index contributed by atoms with van der Waals surface area (Å²) in [5.74, 6) is 0.788. The highest BCUT2D eigenvalue weighted by Gasteiger charge is 2.08. The second kappa shape index (κ2) is 7.24. The Balaban J connectivity index is 1.92. The molecule has 5 nitrogen and oxygen atoms in total. The molecule has 0 aliphatic carbocycles. The first-order valence-corrected chi connectivity index (χ1v) is 7.55. The number of carbonyl (C=O) groups is 1. The summed E-state index contributed by atoms with van der Waals surface area (Å²) >= 11 is 6.01. The molecule has 0 bridgehead atoms. The van der Waals surface area contributed by atoms with Crippen molar-refractivity contribution in [3.8, 4) is 5.75 Å². The average Bonchev–Trinajstić information content (AvgIpc) is 2.49. The van der Waals surface area contributed by atoms with Gasteiger partial charge in [-0.3, -0.25) is 0 Å². The first-order valence-electron chi connectivity index (χ1n) is 7.18. The third-order valence-corrected chi connectivity index (χ3v) is 3.88. The van der Waals surface area contributed by atoms with Crippen LogP contribution in [0.3, 0.4) is 0 Å². The van der Waals surface area contributed by atoms with Crippen LogP contribution in [-0.4, -0.2) is 12.8 Å². The summed E-state index contributed by atoms with van der Waals surface area (Å²) in [7, 11) is 0. The van der Waals surface area contributed by atoms with Gasteiger partial charge < -0.3 is 21.1 Å². The molecule has 2 rings (SSSR count). The van der Waals surface area contributed by atoms with Gasteiger partial charge in [-0.15, -0.1) is 0 Å². The van der Waals surface area contributed by atoms with Crippen molar-refractivity contribution < 1.29 is 9.53 Å². The molecule has 0 saturated carbocycles. The number of nitrogens with two attached hydrogens (primary N) is 1. The van der Waals surface area contributed by atoms with Gasteiger partial charge in [0.05, 0.1) is 10.7 Å². The largest absolute Gasteiger partial charge is 0.473 e. The first-order chi connectivity index (χ1) is 10.9.